The van der Waals surface area contributed by atoms with Crippen molar-refractivity contribution in [1.82, 2.24) is 5.32 Å². The van der Waals surface area contributed by atoms with Crippen LogP contribution in [-0.4, -0.2) is 25.3 Å². The van der Waals surface area contributed by atoms with Crippen molar-refractivity contribution in [2.75, 3.05) is 13.7 Å². The third-order valence-electron chi connectivity index (χ3n) is 3.94. The van der Waals surface area contributed by atoms with Crippen molar-refractivity contribution in [3.8, 4) is 5.75 Å². The fraction of sp³-hybridized carbons (Fsp3) is 0.667. The van der Waals surface area contributed by atoms with Gasteiger partial charge in [0, 0.05) is 12.1 Å². The molecule has 0 bridgehead atoms. The third kappa shape index (κ3) is 5.33. The summed E-state index contributed by atoms with van der Waals surface area (Å²) in [6, 6.07) is 8.24. The highest BCUT2D eigenvalue weighted by atomic mass is 16.5. The Labute approximate surface area is 129 Å². The Bertz CT molecular complexity index is 433. The Hall–Kier alpha value is -1.06. The Morgan fingerprint density at radius 2 is 1.95 bits per heavy atom. The lowest BCUT2D eigenvalue weighted by atomic mass is 10.1. The molecule has 1 saturated carbocycles. The van der Waals surface area contributed by atoms with Crippen molar-refractivity contribution in [1.29, 1.82) is 0 Å². The largest absolute Gasteiger partial charge is 0.497 e. The molecule has 118 valence electrons. The average molecular weight is 291 g/mol. The molecule has 1 aromatic rings. The molecule has 0 aromatic heterocycles. The maximum absolute atomic E-state index is 6.37. The lowest BCUT2D eigenvalue weighted by Gasteiger charge is -2.28. The van der Waals surface area contributed by atoms with E-state index in [0.717, 1.165) is 12.3 Å². The molecule has 1 fully saturated rings. The first-order valence-corrected chi connectivity index (χ1v) is 8.02. The topological polar surface area (TPSA) is 30.5 Å². The van der Waals surface area contributed by atoms with Gasteiger partial charge in [0.2, 0.25) is 0 Å². The van der Waals surface area contributed by atoms with E-state index in [4.69, 9.17) is 9.47 Å². The van der Waals surface area contributed by atoms with Crippen molar-refractivity contribution in [2.45, 2.75) is 64.2 Å². The number of methoxy groups -OCH3 is 1. The highest BCUT2D eigenvalue weighted by Gasteiger charge is 2.23. The molecule has 1 unspecified atom stereocenters. The van der Waals surface area contributed by atoms with Crippen LogP contribution in [0.2, 0.25) is 0 Å². The lowest BCUT2D eigenvalue weighted by molar-refractivity contribution is -0.0115. The molecule has 0 radical (unpaired) electrons. The van der Waals surface area contributed by atoms with E-state index in [9.17, 15) is 0 Å². The van der Waals surface area contributed by atoms with Crippen molar-refractivity contribution >= 4 is 0 Å². The molecule has 3 heteroatoms. The van der Waals surface area contributed by atoms with E-state index < -0.39 is 0 Å². The Kier molecular flexibility index (Phi) is 5.65. The van der Waals surface area contributed by atoms with Crippen LogP contribution in [0.3, 0.4) is 0 Å². The van der Waals surface area contributed by atoms with Gasteiger partial charge in [-0.1, -0.05) is 25.0 Å². The van der Waals surface area contributed by atoms with E-state index in [2.05, 4.69) is 38.2 Å². The molecule has 0 saturated heterocycles. The molecule has 0 aliphatic heterocycles. The van der Waals surface area contributed by atoms with Gasteiger partial charge in [-0.3, -0.25) is 0 Å². The van der Waals surface area contributed by atoms with E-state index >= 15 is 0 Å². The van der Waals surface area contributed by atoms with Crippen molar-refractivity contribution < 1.29 is 9.47 Å². The number of ether oxygens (including phenoxy) is 2. The SMILES string of the molecule is COc1cccc(C(CNC(C)(C)C)OC2CCCC2)c1. The van der Waals surface area contributed by atoms with Crippen LogP contribution in [0.15, 0.2) is 24.3 Å². The fourth-order valence-corrected chi connectivity index (χ4v) is 2.74. The molecular weight excluding hydrogens is 262 g/mol. The van der Waals surface area contributed by atoms with Gasteiger partial charge in [-0.25, -0.2) is 0 Å². The van der Waals surface area contributed by atoms with Gasteiger partial charge in [0.1, 0.15) is 5.75 Å². The maximum Gasteiger partial charge on any atom is 0.119 e. The summed E-state index contributed by atoms with van der Waals surface area (Å²) in [5.74, 6) is 0.892. The van der Waals surface area contributed by atoms with Gasteiger partial charge in [0.25, 0.3) is 0 Å². The zero-order valence-corrected chi connectivity index (χ0v) is 13.8. The molecule has 1 atom stereocenters. The van der Waals surface area contributed by atoms with Crippen molar-refractivity contribution in [3.63, 3.8) is 0 Å². The summed E-state index contributed by atoms with van der Waals surface area (Å²) in [6.07, 6.45) is 5.46. The molecule has 2 rings (SSSR count). The summed E-state index contributed by atoms with van der Waals surface area (Å²) in [5.41, 5.74) is 1.29. The number of rotatable bonds is 6. The Morgan fingerprint density at radius 1 is 1.24 bits per heavy atom. The van der Waals surface area contributed by atoms with Crippen LogP contribution in [0.4, 0.5) is 0 Å². The Morgan fingerprint density at radius 3 is 2.57 bits per heavy atom. The van der Waals surface area contributed by atoms with Crippen LogP contribution < -0.4 is 10.1 Å². The molecule has 1 aromatic carbocycles. The summed E-state index contributed by atoms with van der Waals surface area (Å²) in [7, 11) is 1.71. The molecule has 21 heavy (non-hydrogen) atoms. The first kappa shape index (κ1) is 16.3. The van der Waals surface area contributed by atoms with Gasteiger partial charge in [-0.15, -0.1) is 0 Å². The fourth-order valence-electron chi connectivity index (χ4n) is 2.74. The minimum Gasteiger partial charge on any atom is -0.497 e. The molecule has 0 amide bonds. The van der Waals surface area contributed by atoms with Gasteiger partial charge < -0.3 is 14.8 Å². The normalized spacial score (nSPS) is 17.9. The summed E-state index contributed by atoms with van der Waals surface area (Å²) >= 11 is 0. The summed E-state index contributed by atoms with van der Waals surface area (Å²) in [6.45, 7) is 7.38. The zero-order valence-electron chi connectivity index (χ0n) is 13.8. The highest BCUT2D eigenvalue weighted by Crippen LogP contribution is 2.29. The van der Waals surface area contributed by atoms with E-state index in [1.165, 1.54) is 31.2 Å². The second-order valence-electron chi connectivity index (χ2n) is 6.94. The van der Waals surface area contributed by atoms with Crippen LogP contribution in [0, 0.1) is 0 Å². The van der Waals surface area contributed by atoms with Gasteiger partial charge >= 0.3 is 0 Å². The van der Waals surface area contributed by atoms with Gasteiger partial charge in [0.15, 0.2) is 0 Å². The molecule has 3 nitrogen and oxygen atoms in total. The molecule has 0 heterocycles. The molecule has 1 aliphatic rings. The number of benzene rings is 1. The predicted molar refractivity (Wildman–Crippen MR) is 86.8 cm³/mol. The monoisotopic (exact) mass is 291 g/mol. The van der Waals surface area contributed by atoms with Crippen LogP contribution >= 0.6 is 0 Å². The second kappa shape index (κ2) is 7.28. The Balaban J connectivity index is 2.08. The van der Waals surface area contributed by atoms with Crippen molar-refractivity contribution in [3.05, 3.63) is 29.8 Å². The molecule has 0 spiro atoms. The smallest absolute Gasteiger partial charge is 0.119 e. The van der Waals surface area contributed by atoms with Gasteiger partial charge in [-0.05, 0) is 51.3 Å². The summed E-state index contributed by atoms with van der Waals surface area (Å²) in [4.78, 5) is 0. The summed E-state index contributed by atoms with van der Waals surface area (Å²) in [5, 5.41) is 3.57. The highest BCUT2D eigenvalue weighted by molar-refractivity contribution is 5.30. The lowest BCUT2D eigenvalue weighted by Crippen LogP contribution is -2.39. The predicted octanol–water partition coefficient (Wildman–Crippen LogP) is 4.08. The number of nitrogens with one attached hydrogen (secondary N) is 1. The van der Waals surface area contributed by atoms with E-state index in [-0.39, 0.29) is 11.6 Å². The van der Waals surface area contributed by atoms with Gasteiger partial charge in [-0.2, -0.15) is 0 Å². The van der Waals surface area contributed by atoms with Crippen LogP contribution in [0.25, 0.3) is 0 Å². The van der Waals surface area contributed by atoms with E-state index in [1.807, 2.05) is 12.1 Å². The van der Waals surface area contributed by atoms with E-state index in [0.29, 0.717) is 6.10 Å². The van der Waals surface area contributed by atoms with Crippen molar-refractivity contribution in [2.24, 2.45) is 0 Å². The first-order chi connectivity index (χ1) is 9.98. The van der Waals surface area contributed by atoms with Gasteiger partial charge in [0.05, 0.1) is 19.3 Å². The third-order valence-corrected chi connectivity index (χ3v) is 3.94. The minimum absolute atomic E-state index is 0.0856. The molecule has 1 aliphatic carbocycles. The second-order valence-corrected chi connectivity index (χ2v) is 6.94. The zero-order chi connectivity index (χ0) is 15.3. The quantitative estimate of drug-likeness (QED) is 0.856. The summed E-state index contributed by atoms with van der Waals surface area (Å²) < 4.78 is 11.7. The van der Waals surface area contributed by atoms with Crippen LogP contribution in [0.1, 0.15) is 58.1 Å². The van der Waals surface area contributed by atoms with Crippen LogP contribution in [-0.2, 0) is 4.74 Å². The maximum atomic E-state index is 6.37. The number of hydrogen-bond donors (Lipinski definition) is 1. The standard InChI is InChI=1S/C18H29NO2/c1-18(2,3)19-13-17(21-15-9-5-6-10-15)14-8-7-11-16(12-14)20-4/h7-8,11-12,15,17,19H,5-6,9-10,13H2,1-4H3. The average Bonchev–Trinajstić information content (AvgIpc) is 2.95. The van der Waals surface area contributed by atoms with E-state index in [1.54, 1.807) is 7.11 Å². The molecular formula is C18H29NO2. The minimum atomic E-state index is 0.0856. The molecule has 1 N–H and O–H groups in total. The van der Waals surface area contributed by atoms with Crippen LogP contribution in [0.5, 0.6) is 5.75 Å². The number of hydrogen-bond acceptors (Lipinski definition) is 3. The first-order valence-electron chi connectivity index (χ1n) is 8.02.